The van der Waals surface area contributed by atoms with Gasteiger partial charge in [-0.2, -0.15) is 18.2 Å². The van der Waals surface area contributed by atoms with Crippen LogP contribution in [-0.4, -0.2) is 40.1 Å². The lowest BCUT2D eigenvalue weighted by Crippen LogP contribution is -2.46. The zero-order chi connectivity index (χ0) is 20.3. The monoisotopic (exact) mass is 394 g/mol. The number of aromatic nitrogens is 2. The predicted molar refractivity (Wildman–Crippen MR) is 97.2 cm³/mol. The van der Waals surface area contributed by atoms with Crippen LogP contribution in [0.2, 0.25) is 0 Å². The molecule has 2 amide bonds. The van der Waals surface area contributed by atoms with Gasteiger partial charge < -0.3 is 15.0 Å². The summed E-state index contributed by atoms with van der Waals surface area (Å²) in [6.07, 6.45) is -3.42. The number of carbonyl (C=O) groups is 1. The molecular formula is C19H21F3N4O2. The minimum absolute atomic E-state index is 0.259. The van der Waals surface area contributed by atoms with E-state index < -0.39 is 17.8 Å². The van der Waals surface area contributed by atoms with Crippen LogP contribution in [0.4, 0.5) is 23.7 Å². The van der Waals surface area contributed by atoms with E-state index in [1.54, 1.807) is 13.0 Å². The van der Waals surface area contributed by atoms with E-state index in [1.165, 1.54) is 23.1 Å². The van der Waals surface area contributed by atoms with Crippen molar-refractivity contribution in [2.45, 2.75) is 39.0 Å². The highest BCUT2D eigenvalue weighted by molar-refractivity contribution is 5.90. The van der Waals surface area contributed by atoms with Crippen molar-refractivity contribution in [2.24, 2.45) is 0 Å². The van der Waals surface area contributed by atoms with Gasteiger partial charge in [0.2, 0.25) is 5.88 Å². The molecule has 0 aliphatic carbocycles. The molecule has 3 rings (SSSR count). The summed E-state index contributed by atoms with van der Waals surface area (Å²) in [7, 11) is 0. The van der Waals surface area contributed by atoms with Crippen LogP contribution < -0.4 is 10.1 Å². The molecule has 1 saturated heterocycles. The Kier molecular flexibility index (Phi) is 5.71. The summed E-state index contributed by atoms with van der Waals surface area (Å²) in [5, 5.41) is 2.38. The highest BCUT2D eigenvalue weighted by atomic mass is 19.4. The molecule has 1 aromatic carbocycles. The Bertz CT molecular complexity index is 837. The molecule has 28 heavy (non-hydrogen) atoms. The van der Waals surface area contributed by atoms with Crippen molar-refractivity contribution in [1.82, 2.24) is 14.9 Å². The summed E-state index contributed by atoms with van der Waals surface area (Å²) < 4.78 is 45.2. The number of halogens is 3. The van der Waals surface area contributed by atoms with E-state index >= 15 is 0 Å². The van der Waals surface area contributed by atoms with Gasteiger partial charge in [0, 0.05) is 18.3 Å². The lowest BCUT2D eigenvalue weighted by atomic mass is 10.1. The molecular weight excluding hydrogens is 373 g/mol. The number of carbonyl (C=O) groups excluding carboxylic acids is 1. The highest BCUT2D eigenvalue weighted by Crippen LogP contribution is 2.34. The number of aryl methyl sites for hydroxylation is 2. The average molecular weight is 394 g/mol. The van der Waals surface area contributed by atoms with Gasteiger partial charge in [0.25, 0.3) is 0 Å². The Balaban J connectivity index is 1.67. The van der Waals surface area contributed by atoms with Crippen molar-refractivity contribution >= 4 is 11.7 Å². The Hall–Kier alpha value is -2.84. The molecule has 0 saturated carbocycles. The summed E-state index contributed by atoms with van der Waals surface area (Å²) >= 11 is 0. The van der Waals surface area contributed by atoms with Crippen LogP contribution in [0, 0.1) is 13.8 Å². The summed E-state index contributed by atoms with van der Waals surface area (Å²) in [4.78, 5) is 22.4. The van der Waals surface area contributed by atoms with Gasteiger partial charge in [-0.25, -0.2) is 9.78 Å². The molecule has 1 aromatic heterocycles. The molecule has 2 heterocycles. The zero-order valence-electron chi connectivity index (χ0n) is 15.6. The first-order valence-electron chi connectivity index (χ1n) is 8.93. The number of rotatable bonds is 3. The second-order valence-electron chi connectivity index (χ2n) is 6.70. The number of benzene rings is 1. The van der Waals surface area contributed by atoms with Gasteiger partial charge >= 0.3 is 12.2 Å². The first-order valence-corrected chi connectivity index (χ1v) is 8.93. The normalized spacial score (nSPS) is 17.3. The van der Waals surface area contributed by atoms with Crippen molar-refractivity contribution in [2.75, 3.05) is 18.4 Å². The Morgan fingerprint density at radius 3 is 2.71 bits per heavy atom. The number of para-hydroxylation sites is 1. The zero-order valence-corrected chi connectivity index (χ0v) is 15.6. The van der Waals surface area contributed by atoms with Crippen molar-refractivity contribution in [3.8, 4) is 5.88 Å². The lowest BCUT2D eigenvalue weighted by molar-refractivity contribution is -0.136. The third-order valence-corrected chi connectivity index (χ3v) is 4.37. The maximum atomic E-state index is 13.1. The number of ether oxygens (including phenoxy) is 1. The quantitative estimate of drug-likeness (QED) is 0.848. The maximum absolute atomic E-state index is 13.1. The third-order valence-electron chi connectivity index (χ3n) is 4.37. The van der Waals surface area contributed by atoms with Crippen LogP contribution in [0.3, 0.4) is 0 Å². The van der Waals surface area contributed by atoms with Crippen molar-refractivity contribution in [3.05, 3.63) is 47.4 Å². The molecule has 150 valence electrons. The molecule has 1 fully saturated rings. The minimum atomic E-state index is -4.54. The average Bonchev–Trinajstić information content (AvgIpc) is 2.60. The lowest BCUT2D eigenvalue weighted by Gasteiger charge is -2.32. The fourth-order valence-corrected chi connectivity index (χ4v) is 3.17. The van der Waals surface area contributed by atoms with Crippen LogP contribution in [-0.2, 0) is 6.18 Å². The summed E-state index contributed by atoms with van der Waals surface area (Å²) in [6.45, 7) is 4.31. The maximum Gasteiger partial charge on any atom is 0.418 e. The minimum Gasteiger partial charge on any atom is -0.472 e. The SMILES string of the molecule is Cc1cc(OC2CCCN(C(=O)Nc3ccccc3C(F)(F)F)C2)nc(C)n1. The Morgan fingerprint density at radius 1 is 1.25 bits per heavy atom. The van der Waals surface area contributed by atoms with E-state index in [0.717, 1.165) is 18.2 Å². The van der Waals surface area contributed by atoms with Crippen LogP contribution in [0.1, 0.15) is 29.9 Å². The number of likely N-dealkylation sites (tertiary alicyclic amines) is 1. The Labute approximate surface area is 160 Å². The van der Waals surface area contributed by atoms with Crippen molar-refractivity contribution in [3.63, 3.8) is 0 Å². The summed E-state index contributed by atoms with van der Waals surface area (Å²) in [5.41, 5.74) is -0.359. The topological polar surface area (TPSA) is 67.3 Å². The first kappa shape index (κ1) is 19.9. The molecule has 1 N–H and O–H groups in total. The number of hydrogen-bond donors (Lipinski definition) is 1. The van der Waals surface area contributed by atoms with Crippen LogP contribution in [0.5, 0.6) is 5.88 Å². The van der Waals surface area contributed by atoms with Gasteiger partial charge in [-0.1, -0.05) is 12.1 Å². The molecule has 1 aliphatic heterocycles. The summed E-state index contributed by atoms with van der Waals surface area (Å²) in [5.74, 6) is 1.02. The Morgan fingerprint density at radius 2 is 2.00 bits per heavy atom. The van der Waals surface area contributed by atoms with Crippen molar-refractivity contribution < 1.29 is 22.7 Å². The molecule has 2 aromatic rings. The molecule has 0 spiro atoms. The van der Waals surface area contributed by atoms with E-state index in [2.05, 4.69) is 15.3 Å². The predicted octanol–water partition coefficient (Wildman–Crippen LogP) is 4.19. The number of hydrogen-bond acceptors (Lipinski definition) is 4. The van der Waals surface area contributed by atoms with E-state index in [4.69, 9.17) is 4.74 Å². The number of piperidine rings is 1. The molecule has 9 heteroatoms. The van der Waals surface area contributed by atoms with Gasteiger partial charge in [0.05, 0.1) is 17.8 Å². The van der Waals surface area contributed by atoms with Gasteiger partial charge in [-0.15, -0.1) is 0 Å². The summed E-state index contributed by atoms with van der Waals surface area (Å²) in [6, 6.07) is 6.05. The highest BCUT2D eigenvalue weighted by Gasteiger charge is 2.34. The van der Waals surface area contributed by atoms with E-state index in [0.29, 0.717) is 24.7 Å². The number of nitrogens with zero attached hydrogens (tertiary/aromatic N) is 3. The second-order valence-corrected chi connectivity index (χ2v) is 6.70. The fraction of sp³-hybridized carbons (Fsp3) is 0.421. The molecule has 1 aliphatic rings. The van der Waals surface area contributed by atoms with E-state index in [1.807, 2.05) is 6.92 Å². The van der Waals surface area contributed by atoms with Gasteiger partial charge in [0.1, 0.15) is 11.9 Å². The van der Waals surface area contributed by atoms with Gasteiger partial charge in [0.15, 0.2) is 0 Å². The number of alkyl halides is 3. The molecule has 0 bridgehead atoms. The third kappa shape index (κ3) is 4.90. The van der Waals surface area contributed by atoms with Crippen LogP contribution in [0.15, 0.2) is 30.3 Å². The number of amides is 2. The van der Waals surface area contributed by atoms with Crippen LogP contribution >= 0.6 is 0 Å². The molecule has 0 radical (unpaired) electrons. The van der Waals surface area contributed by atoms with E-state index in [9.17, 15) is 18.0 Å². The number of urea groups is 1. The van der Waals surface area contributed by atoms with Gasteiger partial charge in [-0.05, 0) is 38.8 Å². The second kappa shape index (κ2) is 8.04. The largest absolute Gasteiger partial charge is 0.472 e. The number of anilines is 1. The molecule has 1 unspecified atom stereocenters. The van der Waals surface area contributed by atoms with Gasteiger partial charge in [-0.3, -0.25) is 0 Å². The van der Waals surface area contributed by atoms with Crippen molar-refractivity contribution in [1.29, 1.82) is 0 Å². The first-order chi connectivity index (χ1) is 13.2. The molecule has 6 nitrogen and oxygen atoms in total. The smallest absolute Gasteiger partial charge is 0.418 e. The number of nitrogens with one attached hydrogen (secondary N) is 1. The fourth-order valence-electron chi connectivity index (χ4n) is 3.17. The van der Waals surface area contributed by atoms with Crippen LogP contribution in [0.25, 0.3) is 0 Å². The molecule has 1 atom stereocenters. The van der Waals surface area contributed by atoms with E-state index in [-0.39, 0.29) is 18.3 Å². The standard InChI is InChI=1S/C19H21F3N4O2/c1-12-10-17(24-13(2)23-12)28-14-6-5-9-26(11-14)18(27)25-16-8-4-3-7-15(16)19(20,21)22/h3-4,7-8,10,14H,5-6,9,11H2,1-2H3,(H,25,27).